The molecule has 1 N–H and O–H groups in total. The molecule has 1 amide bonds. The summed E-state index contributed by atoms with van der Waals surface area (Å²) in [5, 5.41) is 11.8. The highest BCUT2D eigenvalue weighted by Gasteiger charge is 2.34. The van der Waals surface area contributed by atoms with Gasteiger partial charge in [-0.15, -0.1) is 0 Å². The van der Waals surface area contributed by atoms with Crippen LogP contribution in [0, 0.1) is 11.3 Å². The highest BCUT2D eigenvalue weighted by Crippen LogP contribution is 2.27. The molecule has 0 spiro atoms. The number of hydrogen-bond donors (Lipinski definition) is 1. The van der Waals surface area contributed by atoms with Crippen LogP contribution in [0.3, 0.4) is 0 Å². The minimum absolute atomic E-state index is 0.165. The monoisotopic (exact) mass is 310 g/mol. The molecule has 1 aliphatic heterocycles. The second-order valence-corrected chi connectivity index (χ2v) is 5.95. The molecule has 118 valence electrons. The lowest BCUT2D eigenvalue weighted by atomic mass is 9.94. The van der Waals surface area contributed by atoms with Crippen molar-refractivity contribution in [1.82, 2.24) is 5.32 Å². The van der Waals surface area contributed by atoms with Gasteiger partial charge in [0.1, 0.15) is 0 Å². The maximum atomic E-state index is 12.5. The zero-order valence-corrected chi connectivity index (χ0v) is 12.7. The molecule has 0 saturated heterocycles. The van der Waals surface area contributed by atoms with Crippen LogP contribution in [0.15, 0.2) is 30.3 Å². The number of amides is 1. The number of nitrogens with one attached hydrogen (secondary N) is 1. The normalized spacial score (nSPS) is 21.3. The lowest BCUT2D eigenvalue weighted by Gasteiger charge is -2.24. The van der Waals surface area contributed by atoms with Gasteiger partial charge in [-0.3, -0.25) is 4.79 Å². The molecule has 1 unspecified atom stereocenters. The summed E-state index contributed by atoms with van der Waals surface area (Å²) in [5.74, 6) is -0.772. The van der Waals surface area contributed by atoms with Crippen molar-refractivity contribution in [1.29, 1.82) is 5.26 Å². The standard InChI is InChI=1S/C18H18N2O3/c19-11-12-6-8-13(9-7-12)15-10-16(21)23-17(15)18(22)20-14-4-2-1-3-5-14/h6-10,14,17H,1-5H2,(H,20,22). The van der Waals surface area contributed by atoms with Crippen LogP contribution in [0.5, 0.6) is 0 Å². The third-order valence-corrected chi connectivity index (χ3v) is 4.33. The first kappa shape index (κ1) is 15.3. The number of esters is 1. The second kappa shape index (κ2) is 6.66. The van der Waals surface area contributed by atoms with Crippen LogP contribution in [0.4, 0.5) is 0 Å². The molecule has 3 rings (SSSR count). The van der Waals surface area contributed by atoms with Gasteiger partial charge in [-0.2, -0.15) is 5.26 Å². The molecule has 1 heterocycles. The van der Waals surface area contributed by atoms with Gasteiger partial charge in [0, 0.05) is 17.7 Å². The van der Waals surface area contributed by atoms with E-state index in [4.69, 9.17) is 10.00 Å². The van der Waals surface area contributed by atoms with E-state index < -0.39 is 12.1 Å². The number of rotatable bonds is 3. The molecule has 5 heteroatoms. The fourth-order valence-corrected chi connectivity index (χ4v) is 3.11. The van der Waals surface area contributed by atoms with Gasteiger partial charge in [-0.1, -0.05) is 31.4 Å². The van der Waals surface area contributed by atoms with Crippen LogP contribution in [0.1, 0.15) is 43.2 Å². The highest BCUT2D eigenvalue weighted by atomic mass is 16.6. The van der Waals surface area contributed by atoms with Crippen molar-refractivity contribution >= 4 is 17.4 Å². The summed E-state index contributed by atoms with van der Waals surface area (Å²) in [5.41, 5.74) is 1.80. The average molecular weight is 310 g/mol. The summed E-state index contributed by atoms with van der Waals surface area (Å²) >= 11 is 0. The molecule has 0 radical (unpaired) electrons. The molecule has 23 heavy (non-hydrogen) atoms. The molecule has 1 saturated carbocycles. The van der Waals surface area contributed by atoms with Gasteiger partial charge in [0.25, 0.3) is 5.91 Å². The van der Waals surface area contributed by atoms with Crippen LogP contribution < -0.4 is 5.32 Å². The van der Waals surface area contributed by atoms with Crippen molar-refractivity contribution in [2.75, 3.05) is 0 Å². The van der Waals surface area contributed by atoms with E-state index >= 15 is 0 Å². The summed E-state index contributed by atoms with van der Waals surface area (Å²) in [4.78, 5) is 24.1. The van der Waals surface area contributed by atoms with Gasteiger partial charge < -0.3 is 10.1 Å². The second-order valence-electron chi connectivity index (χ2n) is 5.95. The number of cyclic esters (lactones) is 1. The van der Waals surface area contributed by atoms with E-state index in [9.17, 15) is 9.59 Å². The van der Waals surface area contributed by atoms with E-state index in [-0.39, 0.29) is 11.9 Å². The van der Waals surface area contributed by atoms with E-state index in [1.165, 1.54) is 12.5 Å². The Hall–Kier alpha value is -2.61. The molecule has 1 atom stereocenters. The number of carbonyl (C=O) groups excluding carboxylic acids is 2. The number of ether oxygens (including phenoxy) is 1. The van der Waals surface area contributed by atoms with Crippen LogP contribution in [-0.4, -0.2) is 24.0 Å². The van der Waals surface area contributed by atoms with Crippen LogP contribution >= 0.6 is 0 Å². The van der Waals surface area contributed by atoms with Crippen molar-refractivity contribution in [3.63, 3.8) is 0 Å². The Morgan fingerprint density at radius 3 is 2.52 bits per heavy atom. The number of benzene rings is 1. The largest absolute Gasteiger partial charge is 0.444 e. The summed E-state index contributed by atoms with van der Waals surface area (Å²) < 4.78 is 5.18. The third-order valence-electron chi connectivity index (χ3n) is 4.33. The van der Waals surface area contributed by atoms with Crippen molar-refractivity contribution in [2.24, 2.45) is 0 Å². The van der Waals surface area contributed by atoms with E-state index in [1.54, 1.807) is 24.3 Å². The maximum Gasteiger partial charge on any atom is 0.332 e. The smallest absolute Gasteiger partial charge is 0.332 e. The molecule has 5 nitrogen and oxygen atoms in total. The van der Waals surface area contributed by atoms with Gasteiger partial charge >= 0.3 is 5.97 Å². The molecular formula is C18H18N2O3. The fourth-order valence-electron chi connectivity index (χ4n) is 3.11. The van der Waals surface area contributed by atoms with E-state index in [1.807, 2.05) is 6.07 Å². The number of nitriles is 1. The van der Waals surface area contributed by atoms with Crippen LogP contribution in [0.2, 0.25) is 0 Å². The van der Waals surface area contributed by atoms with E-state index in [0.29, 0.717) is 11.1 Å². The lowest BCUT2D eigenvalue weighted by Crippen LogP contribution is -2.43. The van der Waals surface area contributed by atoms with Crippen molar-refractivity contribution in [2.45, 2.75) is 44.2 Å². The molecule has 1 aromatic carbocycles. The Morgan fingerprint density at radius 1 is 1.17 bits per heavy atom. The number of nitrogens with zero attached hydrogens (tertiary/aromatic N) is 1. The lowest BCUT2D eigenvalue weighted by molar-refractivity contribution is -0.146. The van der Waals surface area contributed by atoms with Crippen molar-refractivity contribution in [3.8, 4) is 6.07 Å². The SMILES string of the molecule is N#Cc1ccc(C2=CC(=O)OC2C(=O)NC2CCCCC2)cc1. The molecule has 2 aliphatic rings. The maximum absolute atomic E-state index is 12.5. The zero-order chi connectivity index (χ0) is 16.2. The first-order valence-corrected chi connectivity index (χ1v) is 7.90. The Labute approximate surface area is 134 Å². The molecule has 0 aromatic heterocycles. The van der Waals surface area contributed by atoms with E-state index in [0.717, 1.165) is 31.2 Å². The predicted molar refractivity (Wildman–Crippen MR) is 84.0 cm³/mol. The summed E-state index contributed by atoms with van der Waals surface area (Å²) in [6, 6.07) is 8.99. The quantitative estimate of drug-likeness (QED) is 0.869. The molecule has 1 fully saturated rings. The average Bonchev–Trinajstić information content (AvgIpc) is 2.98. The van der Waals surface area contributed by atoms with Crippen LogP contribution in [0.25, 0.3) is 5.57 Å². The minimum atomic E-state index is -0.905. The first-order valence-electron chi connectivity index (χ1n) is 7.90. The van der Waals surface area contributed by atoms with Gasteiger partial charge in [0.15, 0.2) is 0 Å². The van der Waals surface area contributed by atoms with Crippen molar-refractivity contribution < 1.29 is 14.3 Å². The van der Waals surface area contributed by atoms with Gasteiger partial charge in [-0.25, -0.2) is 4.79 Å². The van der Waals surface area contributed by atoms with Crippen LogP contribution in [-0.2, 0) is 14.3 Å². The molecule has 1 aliphatic carbocycles. The van der Waals surface area contributed by atoms with Crippen molar-refractivity contribution in [3.05, 3.63) is 41.5 Å². The Bertz CT molecular complexity index is 679. The predicted octanol–water partition coefficient (Wildman–Crippen LogP) is 2.32. The fraction of sp³-hybridized carbons (Fsp3) is 0.389. The molecule has 0 bridgehead atoms. The third kappa shape index (κ3) is 3.42. The highest BCUT2D eigenvalue weighted by molar-refractivity contribution is 6.06. The van der Waals surface area contributed by atoms with Gasteiger partial charge in [0.05, 0.1) is 11.6 Å². The molecular weight excluding hydrogens is 292 g/mol. The Balaban J connectivity index is 1.75. The summed E-state index contributed by atoms with van der Waals surface area (Å²) in [6.45, 7) is 0. The number of hydrogen-bond acceptors (Lipinski definition) is 4. The van der Waals surface area contributed by atoms with Gasteiger partial charge in [-0.05, 0) is 30.5 Å². The van der Waals surface area contributed by atoms with Gasteiger partial charge in [0.2, 0.25) is 6.10 Å². The minimum Gasteiger partial charge on any atom is -0.444 e. The first-order chi connectivity index (χ1) is 11.2. The topological polar surface area (TPSA) is 79.2 Å². The Morgan fingerprint density at radius 2 is 1.87 bits per heavy atom. The number of carbonyl (C=O) groups is 2. The summed E-state index contributed by atoms with van der Waals surface area (Å²) in [7, 11) is 0. The molecule has 1 aromatic rings. The van der Waals surface area contributed by atoms with E-state index in [2.05, 4.69) is 5.32 Å². The zero-order valence-electron chi connectivity index (χ0n) is 12.7. The summed E-state index contributed by atoms with van der Waals surface area (Å²) in [6.07, 6.45) is 5.84. The Kier molecular flexibility index (Phi) is 4.42.